The Kier molecular flexibility index (Phi) is 4.47. The van der Waals surface area contributed by atoms with Gasteiger partial charge in [-0.1, -0.05) is 36.4 Å². The van der Waals surface area contributed by atoms with Crippen molar-refractivity contribution in [3.8, 4) is 11.5 Å². The van der Waals surface area contributed by atoms with Gasteiger partial charge < -0.3 is 15.5 Å². The van der Waals surface area contributed by atoms with E-state index in [0.717, 1.165) is 11.1 Å². The van der Waals surface area contributed by atoms with Crippen molar-refractivity contribution in [2.75, 3.05) is 5.32 Å². The summed E-state index contributed by atoms with van der Waals surface area (Å²) in [6, 6.07) is 21.0. The van der Waals surface area contributed by atoms with Crippen LogP contribution in [-0.2, 0) is 6.42 Å². The van der Waals surface area contributed by atoms with E-state index in [-0.39, 0.29) is 17.4 Å². The van der Waals surface area contributed by atoms with Crippen molar-refractivity contribution in [3.05, 3.63) is 89.5 Å². The number of aromatic hydroxyl groups is 2. The molecule has 0 fully saturated rings. The van der Waals surface area contributed by atoms with Crippen LogP contribution in [0.5, 0.6) is 11.5 Å². The minimum Gasteiger partial charge on any atom is -0.508 e. The monoisotopic (exact) mass is 319 g/mol. The van der Waals surface area contributed by atoms with Gasteiger partial charge in [0, 0.05) is 17.3 Å². The Hall–Kier alpha value is -3.27. The topological polar surface area (TPSA) is 69.6 Å². The lowest BCUT2D eigenvalue weighted by Gasteiger charge is -2.09. The largest absolute Gasteiger partial charge is 0.508 e. The molecule has 4 heteroatoms. The maximum Gasteiger partial charge on any atom is 0.255 e. The SMILES string of the molecule is O=C(Nc1cc(O)cc(Cc2ccccc2)c1)c1cccc(O)c1. The van der Waals surface area contributed by atoms with Gasteiger partial charge in [0.25, 0.3) is 5.91 Å². The second-order valence-corrected chi connectivity index (χ2v) is 5.55. The van der Waals surface area contributed by atoms with Crippen molar-refractivity contribution in [3.63, 3.8) is 0 Å². The number of amides is 1. The van der Waals surface area contributed by atoms with Crippen LogP contribution in [0, 0.1) is 0 Å². The molecule has 0 aromatic heterocycles. The Bertz CT molecular complexity index is 860. The molecule has 3 aromatic carbocycles. The molecule has 0 atom stereocenters. The lowest BCUT2D eigenvalue weighted by atomic mass is 10.0. The van der Waals surface area contributed by atoms with Crippen LogP contribution in [0.3, 0.4) is 0 Å². The van der Waals surface area contributed by atoms with E-state index < -0.39 is 0 Å². The van der Waals surface area contributed by atoms with E-state index in [1.165, 1.54) is 18.2 Å². The van der Waals surface area contributed by atoms with Crippen LogP contribution >= 0.6 is 0 Å². The molecule has 4 nitrogen and oxygen atoms in total. The van der Waals surface area contributed by atoms with Gasteiger partial charge in [0.2, 0.25) is 0 Å². The number of hydrogen-bond donors (Lipinski definition) is 3. The molecule has 0 saturated carbocycles. The quantitative estimate of drug-likeness (QED) is 0.682. The third-order valence-electron chi connectivity index (χ3n) is 3.59. The minimum atomic E-state index is -0.345. The minimum absolute atomic E-state index is 0.0309. The first-order chi connectivity index (χ1) is 11.6. The molecular weight excluding hydrogens is 302 g/mol. The van der Waals surface area contributed by atoms with E-state index in [4.69, 9.17) is 0 Å². The van der Waals surface area contributed by atoms with Crippen molar-refractivity contribution >= 4 is 11.6 Å². The van der Waals surface area contributed by atoms with Gasteiger partial charge in [0.1, 0.15) is 11.5 Å². The highest BCUT2D eigenvalue weighted by Crippen LogP contribution is 2.23. The highest BCUT2D eigenvalue weighted by Gasteiger charge is 2.09. The standard InChI is InChI=1S/C20H17NO3/c22-18-8-4-7-16(12-18)20(24)21-17-10-15(11-19(23)13-17)9-14-5-2-1-3-6-14/h1-8,10-13,22-23H,9H2,(H,21,24). The molecule has 0 saturated heterocycles. The second-order valence-electron chi connectivity index (χ2n) is 5.55. The maximum atomic E-state index is 12.2. The molecule has 0 bridgehead atoms. The highest BCUT2D eigenvalue weighted by molar-refractivity contribution is 6.04. The summed E-state index contributed by atoms with van der Waals surface area (Å²) >= 11 is 0. The first-order valence-corrected chi connectivity index (χ1v) is 7.57. The van der Waals surface area contributed by atoms with Crippen LogP contribution in [0.1, 0.15) is 21.5 Å². The zero-order chi connectivity index (χ0) is 16.9. The first kappa shape index (κ1) is 15.6. The third kappa shape index (κ3) is 3.93. The summed E-state index contributed by atoms with van der Waals surface area (Å²) in [5, 5.41) is 22.1. The van der Waals surface area contributed by atoms with Crippen molar-refractivity contribution in [1.82, 2.24) is 0 Å². The van der Waals surface area contributed by atoms with E-state index in [1.54, 1.807) is 18.2 Å². The van der Waals surface area contributed by atoms with E-state index >= 15 is 0 Å². The lowest BCUT2D eigenvalue weighted by Crippen LogP contribution is -2.11. The molecule has 0 unspecified atom stereocenters. The molecule has 120 valence electrons. The predicted octanol–water partition coefficient (Wildman–Crippen LogP) is 3.94. The zero-order valence-corrected chi connectivity index (χ0v) is 12.9. The summed E-state index contributed by atoms with van der Waals surface area (Å²) in [6.45, 7) is 0. The number of carbonyl (C=O) groups is 1. The molecule has 0 radical (unpaired) electrons. The summed E-state index contributed by atoms with van der Waals surface area (Å²) in [6.07, 6.45) is 0.657. The molecule has 0 spiro atoms. The Labute approximate surface area is 140 Å². The average Bonchev–Trinajstić information content (AvgIpc) is 2.55. The number of phenolic OH excluding ortho intramolecular Hbond substituents is 2. The Morgan fingerprint density at radius 1 is 0.792 bits per heavy atom. The lowest BCUT2D eigenvalue weighted by molar-refractivity contribution is 0.102. The molecule has 3 N–H and O–H groups in total. The summed E-state index contributed by atoms with van der Waals surface area (Å²) in [5.41, 5.74) is 2.87. The summed E-state index contributed by atoms with van der Waals surface area (Å²) < 4.78 is 0. The summed E-state index contributed by atoms with van der Waals surface area (Å²) in [7, 11) is 0. The number of carbonyl (C=O) groups excluding carboxylic acids is 1. The van der Waals surface area contributed by atoms with Crippen LogP contribution in [0.2, 0.25) is 0 Å². The molecule has 0 aliphatic carbocycles. The fourth-order valence-electron chi connectivity index (χ4n) is 2.53. The average molecular weight is 319 g/mol. The van der Waals surface area contributed by atoms with Gasteiger partial charge in [-0.05, 0) is 47.9 Å². The predicted molar refractivity (Wildman–Crippen MR) is 93.4 cm³/mol. The van der Waals surface area contributed by atoms with E-state index in [9.17, 15) is 15.0 Å². The molecule has 0 aliphatic rings. The Balaban J connectivity index is 1.80. The molecule has 3 rings (SSSR count). The van der Waals surface area contributed by atoms with E-state index in [0.29, 0.717) is 17.7 Å². The van der Waals surface area contributed by atoms with Crippen LogP contribution in [-0.4, -0.2) is 16.1 Å². The molecule has 24 heavy (non-hydrogen) atoms. The number of anilines is 1. The molecule has 0 aliphatic heterocycles. The fourth-order valence-corrected chi connectivity index (χ4v) is 2.53. The van der Waals surface area contributed by atoms with E-state index in [1.807, 2.05) is 36.4 Å². The van der Waals surface area contributed by atoms with Crippen molar-refractivity contribution in [1.29, 1.82) is 0 Å². The molecule has 3 aromatic rings. The highest BCUT2D eigenvalue weighted by atomic mass is 16.3. The number of nitrogens with one attached hydrogen (secondary N) is 1. The smallest absolute Gasteiger partial charge is 0.255 e. The number of rotatable bonds is 4. The zero-order valence-electron chi connectivity index (χ0n) is 12.9. The van der Waals surface area contributed by atoms with E-state index in [2.05, 4.69) is 5.32 Å². The second kappa shape index (κ2) is 6.87. The summed E-state index contributed by atoms with van der Waals surface area (Å²) in [4.78, 5) is 12.2. The van der Waals surface area contributed by atoms with Crippen molar-refractivity contribution in [2.45, 2.75) is 6.42 Å². The van der Waals surface area contributed by atoms with Gasteiger partial charge in [-0.3, -0.25) is 4.79 Å². The van der Waals surface area contributed by atoms with Crippen molar-refractivity contribution in [2.24, 2.45) is 0 Å². The summed E-state index contributed by atoms with van der Waals surface area (Å²) in [5.74, 6) is -0.222. The van der Waals surface area contributed by atoms with Crippen LogP contribution in [0.25, 0.3) is 0 Å². The van der Waals surface area contributed by atoms with Crippen molar-refractivity contribution < 1.29 is 15.0 Å². The normalized spacial score (nSPS) is 10.3. The van der Waals surface area contributed by atoms with Gasteiger partial charge in [-0.15, -0.1) is 0 Å². The fraction of sp³-hybridized carbons (Fsp3) is 0.0500. The molecule has 1 amide bonds. The van der Waals surface area contributed by atoms with Crippen LogP contribution in [0.15, 0.2) is 72.8 Å². The van der Waals surface area contributed by atoms with Gasteiger partial charge in [0.05, 0.1) is 0 Å². The number of benzene rings is 3. The first-order valence-electron chi connectivity index (χ1n) is 7.57. The third-order valence-corrected chi connectivity index (χ3v) is 3.59. The Morgan fingerprint density at radius 3 is 2.33 bits per heavy atom. The Morgan fingerprint density at radius 2 is 1.58 bits per heavy atom. The van der Waals surface area contributed by atoms with Crippen LogP contribution < -0.4 is 5.32 Å². The molecule has 0 heterocycles. The van der Waals surface area contributed by atoms with Gasteiger partial charge in [0.15, 0.2) is 0 Å². The van der Waals surface area contributed by atoms with Gasteiger partial charge in [-0.25, -0.2) is 0 Å². The maximum absolute atomic E-state index is 12.2. The van der Waals surface area contributed by atoms with Gasteiger partial charge in [-0.2, -0.15) is 0 Å². The molecular formula is C20H17NO3. The number of phenols is 2. The number of hydrogen-bond acceptors (Lipinski definition) is 3. The van der Waals surface area contributed by atoms with Gasteiger partial charge >= 0.3 is 0 Å². The van der Waals surface area contributed by atoms with Crippen LogP contribution in [0.4, 0.5) is 5.69 Å².